The topological polar surface area (TPSA) is 99.7 Å². The fraction of sp³-hybridized carbons (Fsp3) is 0.571. The Bertz CT molecular complexity index is 527. The van der Waals surface area contributed by atoms with Gasteiger partial charge in [-0.3, -0.25) is 10.1 Å². The summed E-state index contributed by atoms with van der Waals surface area (Å²) in [5.41, 5.74) is 5.99. The maximum Gasteiger partial charge on any atom is 0.296 e. The van der Waals surface area contributed by atoms with Gasteiger partial charge in [-0.05, 0) is 12.8 Å². The summed E-state index contributed by atoms with van der Waals surface area (Å²) in [5.74, 6) is 0.790. The number of nitrogens with one attached hydrogen (secondary N) is 1. The third-order valence-corrected chi connectivity index (χ3v) is 4.05. The van der Waals surface area contributed by atoms with Crippen LogP contribution in [0.15, 0.2) is 12.1 Å². The highest BCUT2D eigenvalue weighted by Gasteiger charge is 2.34. The van der Waals surface area contributed by atoms with Crippen molar-refractivity contribution in [1.82, 2.24) is 0 Å². The van der Waals surface area contributed by atoms with E-state index < -0.39 is 4.92 Å². The van der Waals surface area contributed by atoms with Crippen LogP contribution in [0, 0.1) is 10.1 Å². The summed E-state index contributed by atoms with van der Waals surface area (Å²) in [5, 5.41) is 14.6. The third-order valence-electron chi connectivity index (χ3n) is 4.05. The molecule has 0 aliphatic heterocycles. The number of nitro benzene ring substituents is 1. The number of ether oxygens (including phenoxy) is 2. The number of anilines is 1. The molecule has 1 aliphatic rings. The molecule has 1 aromatic carbocycles. The molecule has 116 valence electrons. The van der Waals surface area contributed by atoms with Gasteiger partial charge < -0.3 is 20.5 Å². The summed E-state index contributed by atoms with van der Waals surface area (Å²) < 4.78 is 10.3. The molecule has 1 aromatic rings. The lowest BCUT2D eigenvalue weighted by atomic mass is 9.97. The van der Waals surface area contributed by atoms with Crippen molar-refractivity contribution in [2.75, 3.05) is 26.1 Å². The van der Waals surface area contributed by atoms with Crippen molar-refractivity contribution in [3.05, 3.63) is 22.2 Å². The van der Waals surface area contributed by atoms with Crippen molar-refractivity contribution >= 4 is 11.4 Å². The molecule has 1 saturated carbocycles. The maximum absolute atomic E-state index is 11.3. The molecule has 7 heteroatoms. The van der Waals surface area contributed by atoms with E-state index in [2.05, 4.69) is 5.32 Å². The molecule has 0 atom stereocenters. The second-order valence-corrected chi connectivity index (χ2v) is 5.30. The number of nitro groups is 1. The molecule has 0 spiro atoms. The molecule has 0 saturated heterocycles. The van der Waals surface area contributed by atoms with E-state index >= 15 is 0 Å². The van der Waals surface area contributed by atoms with E-state index in [1.165, 1.54) is 20.3 Å². The van der Waals surface area contributed by atoms with Gasteiger partial charge in [-0.25, -0.2) is 0 Å². The number of benzene rings is 1. The molecule has 7 nitrogen and oxygen atoms in total. The van der Waals surface area contributed by atoms with Crippen LogP contribution in [0.3, 0.4) is 0 Å². The van der Waals surface area contributed by atoms with Crippen LogP contribution in [-0.2, 0) is 0 Å². The summed E-state index contributed by atoms with van der Waals surface area (Å²) in [4.78, 5) is 10.9. The van der Waals surface area contributed by atoms with E-state index in [-0.39, 0.29) is 11.2 Å². The van der Waals surface area contributed by atoms with Crippen LogP contribution in [0.5, 0.6) is 11.5 Å². The van der Waals surface area contributed by atoms with Crippen molar-refractivity contribution < 1.29 is 14.4 Å². The Morgan fingerprint density at radius 1 is 1.29 bits per heavy atom. The summed E-state index contributed by atoms with van der Waals surface area (Å²) in [6.45, 7) is 0.443. The second kappa shape index (κ2) is 6.17. The van der Waals surface area contributed by atoms with Gasteiger partial charge >= 0.3 is 0 Å². The fourth-order valence-corrected chi connectivity index (χ4v) is 2.84. The number of nitrogens with zero attached hydrogens (tertiary/aromatic N) is 1. The maximum atomic E-state index is 11.3. The molecular weight excluding hydrogens is 274 g/mol. The second-order valence-electron chi connectivity index (χ2n) is 5.30. The SMILES string of the molecule is COc1cc(NC2(CN)CCCC2)c([N+](=O)[O-])cc1OC. The van der Waals surface area contributed by atoms with Crippen molar-refractivity contribution in [2.24, 2.45) is 5.73 Å². The molecule has 0 radical (unpaired) electrons. The van der Waals surface area contributed by atoms with Gasteiger partial charge in [-0.2, -0.15) is 0 Å². The van der Waals surface area contributed by atoms with Gasteiger partial charge in [0.2, 0.25) is 0 Å². The first kappa shape index (κ1) is 15.4. The van der Waals surface area contributed by atoms with Crippen LogP contribution < -0.4 is 20.5 Å². The summed E-state index contributed by atoms with van der Waals surface area (Å²) >= 11 is 0. The molecule has 2 rings (SSSR count). The van der Waals surface area contributed by atoms with E-state index in [9.17, 15) is 10.1 Å². The van der Waals surface area contributed by atoms with Gasteiger partial charge in [0, 0.05) is 18.2 Å². The number of methoxy groups -OCH3 is 2. The van der Waals surface area contributed by atoms with Crippen molar-refractivity contribution in [3.8, 4) is 11.5 Å². The lowest BCUT2D eigenvalue weighted by Gasteiger charge is -2.30. The van der Waals surface area contributed by atoms with Gasteiger partial charge in [0.05, 0.1) is 25.2 Å². The molecule has 0 amide bonds. The van der Waals surface area contributed by atoms with E-state index in [0.717, 1.165) is 25.7 Å². The van der Waals surface area contributed by atoms with Crippen LogP contribution >= 0.6 is 0 Å². The van der Waals surface area contributed by atoms with Gasteiger partial charge in [0.15, 0.2) is 11.5 Å². The molecule has 3 N–H and O–H groups in total. The van der Waals surface area contributed by atoms with Crippen molar-refractivity contribution in [2.45, 2.75) is 31.2 Å². The highest BCUT2D eigenvalue weighted by molar-refractivity contribution is 5.69. The highest BCUT2D eigenvalue weighted by atomic mass is 16.6. The summed E-state index contributed by atoms with van der Waals surface area (Å²) in [6.07, 6.45) is 3.97. The van der Waals surface area contributed by atoms with E-state index in [1.807, 2.05) is 0 Å². The average Bonchev–Trinajstić information content (AvgIpc) is 2.95. The van der Waals surface area contributed by atoms with Gasteiger partial charge in [-0.1, -0.05) is 12.8 Å². The molecular formula is C14H21N3O4. The smallest absolute Gasteiger partial charge is 0.296 e. The first-order valence-corrected chi connectivity index (χ1v) is 6.94. The first-order chi connectivity index (χ1) is 10.0. The Morgan fingerprint density at radius 3 is 2.33 bits per heavy atom. The Kier molecular flexibility index (Phi) is 4.52. The van der Waals surface area contributed by atoms with Gasteiger partial charge in [-0.15, -0.1) is 0 Å². The van der Waals surface area contributed by atoms with Gasteiger partial charge in [0.1, 0.15) is 5.69 Å². The molecule has 1 fully saturated rings. The van der Waals surface area contributed by atoms with E-state index in [4.69, 9.17) is 15.2 Å². The Balaban J connectivity index is 2.43. The molecule has 0 unspecified atom stereocenters. The zero-order valence-corrected chi connectivity index (χ0v) is 12.3. The molecule has 0 bridgehead atoms. The van der Waals surface area contributed by atoms with E-state index in [0.29, 0.717) is 23.7 Å². The van der Waals surface area contributed by atoms with Gasteiger partial charge in [0.25, 0.3) is 5.69 Å². The van der Waals surface area contributed by atoms with Crippen LogP contribution in [0.2, 0.25) is 0 Å². The van der Waals surface area contributed by atoms with Crippen LogP contribution in [0.25, 0.3) is 0 Å². The predicted molar refractivity (Wildman–Crippen MR) is 80.1 cm³/mol. The first-order valence-electron chi connectivity index (χ1n) is 6.94. The largest absolute Gasteiger partial charge is 0.493 e. The van der Waals surface area contributed by atoms with Crippen LogP contribution in [-0.4, -0.2) is 31.2 Å². The van der Waals surface area contributed by atoms with Crippen LogP contribution in [0.4, 0.5) is 11.4 Å². The molecule has 21 heavy (non-hydrogen) atoms. The normalized spacial score (nSPS) is 16.5. The quantitative estimate of drug-likeness (QED) is 0.617. The zero-order valence-electron chi connectivity index (χ0n) is 12.3. The third kappa shape index (κ3) is 3.02. The predicted octanol–water partition coefficient (Wildman–Crippen LogP) is 2.30. The number of rotatable bonds is 6. The average molecular weight is 295 g/mol. The lowest BCUT2D eigenvalue weighted by Crippen LogP contribution is -2.42. The zero-order chi connectivity index (χ0) is 15.5. The summed E-state index contributed by atoms with van der Waals surface area (Å²) in [6, 6.07) is 2.98. The van der Waals surface area contributed by atoms with Crippen molar-refractivity contribution in [3.63, 3.8) is 0 Å². The molecule has 0 aromatic heterocycles. The minimum atomic E-state index is -0.427. The standard InChI is InChI=1S/C14H21N3O4/c1-20-12-7-10(11(17(18)19)8-13(12)21-2)16-14(9-15)5-3-4-6-14/h7-8,16H,3-6,9,15H2,1-2H3. The van der Waals surface area contributed by atoms with E-state index in [1.54, 1.807) is 6.07 Å². The molecule has 1 aliphatic carbocycles. The Morgan fingerprint density at radius 2 is 1.86 bits per heavy atom. The monoisotopic (exact) mass is 295 g/mol. The number of hydrogen-bond donors (Lipinski definition) is 2. The van der Waals surface area contributed by atoms with Crippen LogP contribution in [0.1, 0.15) is 25.7 Å². The number of nitrogens with two attached hydrogens (primary N) is 1. The minimum absolute atomic E-state index is 0.0348. The fourth-order valence-electron chi connectivity index (χ4n) is 2.84. The number of hydrogen-bond acceptors (Lipinski definition) is 6. The minimum Gasteiger partial charge on any atom is -0.493 e. The highest BCUT2D eigenvalue weighted by Crippen LogP contribution is 2.41. The Hall–Kier alpha value is -2.02. The Labute approximate surface area is 123 Å². The van der Waals surface area contributed by atoms with Crippen molar-refractivity contribution in [1.29, 1.82) is 0 Å². The molecule has 0 heterocycles. The summed E-state index contributed by atoms with van der Waals surface area (Å²) in [7, 11) is 2.95. The lowest BCUT2D eigenvalue weighted by molar-refractivity contribution is -0.384.